The second-order valence-electron chi connectivity index (χ2n) is 3.79. The molecule has 19 heavy (non-hydrogen) atoms. The van der Waals surface area contributed by atoms with Gasteiger partial charge in [-0.25, -0.2) is 0 Å². The molecule has 0 aliphatic carbocycles. The molecular formula is C12H14F3NO3. The molecule has 0 saturated carbocycles. The molecule has 0 aliphatic heterocycles. The quantitative estimate of drug-likeness (QED) is 0.839. The molecule has 0 bridgehead atoms. The van der Waals surface area contributed by atoms with E-state index in [4.69, 9.17) is 4.74 Å². The zero-order valence-corrected chi connectivity index (χ0v) is 10.5. The van der Waals surface area contributed by atoms with Gasteiger partial charge >= 0.3 is 6.18 Å². The summed E-state index contributed by atoms with van der Waals surface area (Å²) in [5.41, 5.74) is -0.691. The van der Waals surface area contributed by atoms with Crippen molar-refractivity contribution < 1.29 is 27.4 Å². The first-order chi connectivity index (χ1) is 8.88. The number of amides is 1. The number of ether oxygens (including phenoxy) is 2. The van der Waals surface area contributed by atoms with Crippen molar-refractivity contribution in [1.29, 1.82) is 0 Å². The number of carbonyl (C=O) groups is 1. The minimum Gasteiger partial charge on any atom is -0.380 e. The molecule has 7 heteroatoms. The molecule has 1 N–H and O–H groups in total. The molecule has 0 spiro atoms. The van der Waals surface area contributed by atoms with Gasteiger partial charge in [-0.1, -0.05) is 0 Å². The van der Waals surface area contributed by atoms with Crippen molar-refractivity contribution >= 4 is 5.91 Å². The highest BCUT2D eigenvalue weighted by atomic mass is 19.4. The zero-order valence-electron chi connectivity index (χ0n) is 10.5. The number of rotatable bonds is 5. The van der Waals surface area contributed by atoms with Gasteiger partial charge in [-0.2, -0.15) is 13.2 Å². The zero-order chi connectivity index (χ0) is 14.5. The fourth-order valence-electron chi connectivity index (χ4n) is 1.48. The average Bonchev–Trinajstić information content (AvgIpc) is 2.35. The van der Waals surface area contributed by atoms with Crippen LogP contribution in [0, 0.1) is 0 Å². The van der Waals surface area contributed by atoms with Crippen molar-refractivity contribution in [2.45, 2.75) is 12.8 Å². The Bertz CT molecular complexity index is 446. The first kappa shape index (κ1) is 15.5. The lowest BCUT2D eigenvalue weighted by atomic mass is 10.1. The van der Waals surface area contributed by atoms with Crippen molar-refractivity contribution in [2.24, 2.45) is 0 Å². The maximum Gasteiger partial charge on any atom is 0.416 e. The summed E-state index contributed by atoms with van der Waals surface area (Å²) >= 11 is 0. The molecule has 106 valence electrons. The molecule has 1 aromatic carbocycles. The van der Waals surface area contributed by atoms with Gasteiger partial charge in [0.2, 0.25) is 0 Å². The first-order valence-electron chi connectivity index (χ1n) is 5.35. The van der Waals surface area contributed by atoms with E-state index in [0.717, 1.165) is 12.1 Å². The fourth-order valence-corrected chi connectivity index (χ4v) is 1.48. The summed E-state index contributed by atoms with van der Waals surface area (Å²) in [4.78, 5) is 11.6. The smallest absolute Gasteiger partial charge is 0.380 e. The molecule has 0 radical (unpaired) electrons. The Morgan fingerprint density at radius 2 is 1.89 bits per heavy atom. The van der Waals surface area contributed by atoms with Gasteiger partial charge < -0.3 is 14.8 Å². The van der Waals surface area contributed by atoms with Gasteiger partial charge in [0.25, 0.3) is 5.91 Å². The maximum absolute atomic E-state index is 12.7. The Hall–Kier alpha value is -1.60. The maximum atomic E-state index is 12.7. The summed E-state index contributed by atoms with van der Waals surface area (Å²) in [5, 5.41) is 2.33. The van der Waals surface area contributed by atoms with Crippen LogP contribution in [0.2, 0.25) is 0 Å². The summed E-state index contributed by atoms with van der Waals surface area (Å²) in [5.74, 6) is -0.634. The molecule has 0 heterocycles. The van der Waals surface area contributed by atoms with Crippen LogP contribution in [0.1, 0.15) is 21.5 Å². The number of hydrogen-bond acceptors (Lipinski definition) is 3. The van der Waals surface area contributed by atoms with Gasteiger partial charge in [-0.3, -0.25) is 4.79 Å². The number of halogens is 3. The largest absolute Gasteiger partial charge is 0.416 e. The summed E-state index contributed by atoms with van der Waals surface area (Å²) in [6.45, 7) is -0.0802. The highest BCUT2D eigenvalue weighted by Gasteiger charge is 2.31. The van der Waals surface area contributed by atoms with Crippen LogP contribution < -0.4 is 5.32 Å². The lowest BCUT2D eigenvalue weighted by Gasteiger charge is -2.12. The molecule has 4 nitrogen and oxygen atoms in total. The molecular weight excluding hydrogens is 263 g/mol. The first-order valence-corrected chi connectivity index (χ1v) is 5.35. The van der Waals surface area contributed by atoms with E-state index in [1.165, 1.54) is 20.3 Å². The number of carbonyl (C=O) groups excluding carboxylic acids is 1. The summed E-state index contributed by atoms with van der Waals surface area (Å²) in [7, 11) is 2.73. The third kappa shape index (κ3) is 4.53. The third-order valence-corrected chi connectivity index (χ3v) is 2.27. The van der Waals surface area contributed by atoms with Gasteiger partial charge in [0.15, 0.2) is 0 Å². The SMILES string of the molecule is COCNC(=O)c1cc(COC)cc(C(F)(F)F)c1. The predicted molar refractivity (Wildman–Crippen MR) is 61.5 cm³/mol. The topological polar surface area (TPSA) is 47.6 Å². The lowest BCUT2D eigenvalue weighted by molar-refractivity contribution is -0.137. The normalized spacial score (nSPS) is 11.4. The van der Waals surface area contributed by atoms with Crippen LogP contribution in [0.4, 0.5) is 13.2 Å². The van der Waals surface area contributed by atoms with Gasteiger partial charge in [-0.05, 0) is 23.8 Å². The van der Waals surface area contributed by atoms with Crippen molar-refractivity contribution in [3.05, 3.63) is 34.9 Å². The van der Waals surface area contributed by atoms with Gasteiger partial charge in [0.1, 0.15) is 6.73 Å². The molecule has 1 rings (SSSR count). The van der Waals surface area contributed by atoms with E-state index >= 15 is 0 Å². The van der Waals surface area contributed by atoms with Crippen molar-refractivity contribution in [2.75, 3.05) is 21.0 Å². The van der Waals surface area contributed by atoms with Gasteiger partial charge in [0.05, 0.1) is 12.2 Å². The predicted octanol–water partition coefficient (Wildman–Crippen LogP) is 2.19. The highest BCUT2D eigenvalue weighted by Crippen LogP contribution is 2.30. The van der Waals surface area contributed by atoms with E-state index in [1.807, 2.05) is 0 Å². The molecule has 0 atom stereocenters. The monoisotopic (exact) mass is 277 g/mol. The lowest BCUT2D eigenvalue weighted by Crippen LogP contribution is -2.26. The summed E-state index contributed by atoms with van der Waals surface area (Å²) in [6.07, 6.45) is -4.51. The number of hydrogen-bond donors (Lipinski definition) is 1. The molecule has 0 fully saturated rings. The third-order valence-electron chi connectivity index (χ3n) is 2.27. The van der Waals surface area contributed by atoms with E-state index in [0.29, 0.717) is 0 Å². The van der Waals surface area contributed by atoms with Crippen LogP contribution in [-0.4, -0.2) is 26.9 Å². The molecule has 0 saturated heterocycles. The highest BCUT2D eigenvalue weighted by molar-refractivity contribution is 5.94. The van der Waals surface area contributed by atoms with E-state index in [1.54, 1.807) is 0 Å². The Morgan fingerprint density at radius 1 is 1.21 bits per heavy atom. The van der Waals surface area contributed by atoms with E-state index < -0.39 is 17.6 Å². The Balaban J connectivity index is 3.09. The van der Waals surface area contributed by atoms with Gasteiger partial charge in [0, 0.05) is 19.8 Å². The second-order valence-corrected chi connectivity index (χ2v) is 3.79. The molecule has 1 aromatic rings. The van der Waals surface area contributed by atoms with E-state index in [9.17, 15) is 18.0 Å². The summed E-state index contributed by atoms with van der Waals surface area (Å²) in [6, 6.07) is 3.10. The van der Waals surface area contributed by atoms with Crippen molar-refractivity contribution in [1.82, 2.24) is 5.32 Å². The van der Waals surface area contributed by atoms with Crippen LogP contribution >= 0.6 is 0 Å². The second kappa shape index (κ2) is 6.53. The summed E-state index contributed by atoms with van der Waals surface area (Å²) < 4.78 is 47.5. The molecule has 1 amide bonds. The number of benzene rings is 1. The van der Waals surface area contributed by atoms with Crippen LogP contribution in [0.5, 0.6) is 0 Å². The number of alkyl halides is 3. The Morgan fingerprint density at radius 3 is 2.42 bits per heavy atom. The van der Waals surface area contributed by atoms with Gasteiger partial charge in [-0.15, -0.1) is 0 Å². The van der Waals surface area contributed by atoms with E-state index in [2.05, 4.69) is 10.1 Å². The van der Waals surface area contributed by atoms with Crippen LogP contribution in [0.3, 0.4) is 0 Å². The van der Waals surface area contributed by atoms with Crippen LogP contribution in [0.15, 0.2) is 18.2 Å². The average molecular weight is 277 g/mol. The molecule has 0 unspecified atom stereocenters. The van der Waals surface area contributed by atoms with Crippen molar-refractivity contribution in [3.63, 3.8) is 0 Å². The Labute approximate surface area is 108 Å². The molecule has 0 aromatic heterocycles. The number of nitrogens with one attached hydrogen (secondary N) is 1. The standard InChI is InChI=1S/C12H14F3NO3/c1-18-6-8-3-9(11(17)16-7-19-2)5-10(4-8)12(13,14)15/h3-5H,6-7H2,1-2H3,(H,16,17). The Kier molecular flexibility index (Phi) is 5.31. The van der Waals surface area contributed by atoms with Crippen LogP contribution in [-0.2, 0) is 22.3 Å². The number of methoxy groups -OCH3 is 2. The van der Waals surface area contributed by atoms with Crippen LogP contribution in [0.25, 0.3) is 0 Å². The minimum atomic E-state index is -4.51. The molecule has 0 aliphatic rings. The van der Waals surface area contributed by atoms with E-state index in [-0.39, 0.29) is 24.5 Å². The van der Waals surface area contributed by atoms with Crippen molar-refractivity contribution in [3.8, 4) is 0 Å². The minimum absolute atomic E-state index is 0.00548. The fraction of sp³-hybridized carbons (Fsp3) is 0.417.